The first-order chi connectivity index (χ1) is 14.6. The average molecular weight is 403 g/mol. The fourth-order valence-electron chi connectivity index (χ4n) is 3.35. The third-order valence-electron chi connectivity index (χ3n) is 4.91. The zero-order valence-electron chi connectivity index (χ0n) is 16.0. The Morgan fingerprint density at radius 1 is 1.10 bits per heavy atom. The first-order valence-electron chi connectivity index (χ1n) is 9.34. The van der Waals surface area contributed by atoms with Crippen molar-refractivity contribution in [2.45, 2.75) is 13.0 Å². The molecule has 0 spiro atoms. The fraction of sp³-hybridized carbons (Fsp3) is 0.143. The van der Waals surface area contributed by atoms with Gasteiger partial charge in [-0.1, -0.05) is 30.3 Å². The Kier molecular flexibility index (Phi) is 4.20. The number of nitrogens with zero attached hydrogens (tertiary/aromatic N) is 3. The Morgan fingerprint density at radius 3 is 2.73 bits per heavy atom. The van der Waals surface area contributed by atoms with Crippen LogP contribution in [0.2, 0.25) is 0 Å². The first kappa shape index (κ1) is 17.9. The lowest BCUT2D eigenvalue weighted by atomic mass is 10.1. The minimum Gasteiger partial charge on any atom is -0.454 e. The fourth-order valence-corrected chi connectivity index (χ4v) is 3.35. The smallest absolute Gasteiger partial charge is 0.334 e. The van der Waals surface area contributed by atoms with Gasteiger partial charge in [0.25, 0.3) is 5.56 Å². The van der Waals surface area contributed by atoms with E-state index in [1.165, 1.54) is 6.20 Å². The van der Waals surface area contributed by atoms with Crippen LogP contribution in [0, 0.1) is 0 Å². The number of aromatic nitrogens is 4. The van der Waals surface area contributed by atoms with Crippen LogP contribution in [0.4, 0.5) is 5.95 Å². The molecule has 0 fully saturated rings. The normalized spacial score (nSPS) is 13.4. The van der Waals surface area contributed by atoms with Crippen molar-refractivity contribution in [3.8, 4) is 17.2 Å². The van der Waals surface area contributed by atoms with Crippen LogP contribution in [0.25, 0.3) is 16.7 Å². The van der Waals surface area contributed by atoms with Gasteiger partial charge in [0.2, 0.25) is 12.7 Å². The van der Waals surface area contributed by atoms with Crippen LogP contribution in [0.1, 0.15) is 18.5 Å². The Balaban J connectivity index is 1.53. The summed E-state index contributed by atoms with van der Waals surface area (Å²) in [5.74, 6) is 1.36. The number of anilines is 1. The molecule has 3 heterocycles. The van der Waals surface area contributed by atoms with Crippen molar-refractivity contribution in [3.63, 3.8) is 0 Å². The maximum Gasteiger partial charge on any atom is 0.334 e. The number of fused-ring (bicyclic) bond motifs is 2. The molecule has 0 amide bonds. The van der Waals surface area contributed by atoms with Crippen molar-refractivity contribution in [1.82, 2.24) is 19.5 Å². The summed E-state index contributed by atoms with van der Waals surface area (Å²) >= 11 is 0. The van der Waals surface area contributed by atoms with Gasteiger partial charge in [-0.25, -0.2) is 14.3 Å². The lowest BCUT2D eigenvalue weighted by Gasteiger charge is -2.14. The van der Waals surface area contributed by atoms with Crippen LogP contribution < -0.4 is 26.0 Å². The highest BCUT2D eigenvalue weighted by Gasteiger charge is 2.17. The molecule has 30 heavy (non-hydrogen) atoms. The monoisotopic (exact) mass is 403 g/mol. The second-order valence-corrected chi connectivity index (χ2v) is 6.84. The second-order valence-electron chi connectivity index (χ2n) is 6.84. The van der Waals surface area contributed by atoms with Crippen molar-refractivity contribution < 1.29 is 9.47 Å². The maximum absolute atomic E-state index is 13.0. The molecule has 2 N–H and O–H groups in total. The molecule has 0 saturated heterocycles. The number of hydrogen-bond donors (Lipinski definition) is 2. The Hall–Kier alpha value is -4.14. The van der Waals surface area contributed by atoms with Crippen molar-refractivity contribution in [1.29, 1.82) is 0 Å². The molecule has 4 aromatic rings. The molecule has 0 radical (unpaired) electrons. The zero-order chi connectivity index (χ0) is 20.7. The summed E-state index contributed by atoms with van der Waals surface area (Å²) in [4.78, 5) is 36.9. The van der Waals surface area contributed by atoms with Gasteiger partial charge in [-0.3, -0.25) is 9.78 Å². The van der Waals surface area contributed by atoms with E-state index in [9.17, 15) is 9.59 Å². The van der Waals surface area contributed by atoms with Gasteiger partial charge in [-0.15, -0.1) is 0 Å². The van der Waals surface area contributed by atoms with E-state index >= 15 is 0 Å². The van der Waals surface area contributed by atoms with E-state index in [0.717, 1.165) is 10.1 Å². The molecule has 2 aromatic carbocycles. The van der Waals surface area contributed by atoms with Gasteiger partial charge in [0.1, 0.15) is 5.39 Å². The highest BCUT2D eigenvalue weighted by Crippen LogP contribution is 2.33. The number of H-pyrrole nitrogens is 1. The lowest BCUT2D eigenvalue weighted by Crippen LogP contribution is -2.34. The maximum atomic E-state index is 13.0. The van der Waals surface area contributed by atoms with Crippen LogP contribution >= 0.6 is 0 Å². The van der Waals surface area contributed by atoms with Crippen molar-refractivity contribution in [3.05, 3.63) is 81.1 Å². The minimum atomic E-state index is -0.605. The standard InChI is InChI=1S/C21H17N5O4/c1-12(13-5-3-2-4-6-13)23-20-22-10-15-18(24-20)25-21(28)26(19(15)27)14-7-8-16-17(9-14)30-11-29-16/h2-10,12H,11H2,1H3,(H2,22,23,24,25,28)/t12-/m0/s1. The summed E-state index contributed by atoms with van der Waals surface area (Å²) in [5, 5.41) is 3.38. The van der Waals surface area contributed by atoms with E-state index < -0.39 is 11.2 Å². The summed E-state index contributed by atoms with van der Waals surface area (Å²) in [6, 6.07) is 14.6. The second kappa shape index (κ2) is 7.03. The van der Waals surface area contributed by atoms with E-state index in [1.807, 2.05) is 37.3 Å². The topological polar surface area (TPSA) is 111 Å². The largest absolute Gasteiger partial charge is 0.454 e. The molecule has 0 unspecified atom stereocenters. The Morgan fingerprint density at radius 2 is 1.90 bits per heavy atom. The molecule has 150 valence electrons. The summed E-state index contributed by atoms with van der Waals surface area (Å²) in [5.41, 5.74) is 0.474. The van der Waals surface area contributed by atoms with Gasteiger partial charge in [-0.2, -0.15) is 4.98 Å². The molecule has 1 aliphatic heterocycles. The molecule has 1 atom stereocenters. The van der Waals surface area contributed by atoms with Crippen LogP contribution in [-0.4, -0.2) is 26.3 Å². The van der Waals surface area contributed by atoms with E-state index in [0.29, 0.717) is 23.1 Å². The molecule has 0 bridgehead atoms. The van der Waals surface area contributed by atoms with E-state index in [2.05, 4.69) is 20.3 Å². The van der Waals surface area contributed by atoms with Crippen LogP contribution in [0.3, 0.4) is 0 Å². The summed E-state index contributed by atoms with van der Waals surface area (Å²) in [6.45, 7) is 2.08. The van der Waals surface area contributed by atoms with Crippen LogP contribution in [0.5, 0.6) is 11.5 Å². The molecule has 1 aliphatic rings. The van der Waals surface area contributed by atoms with Gasteiger partial charge in [0.15, 0.2) is 17.1 Å². The molecular weight excluding hydrogens is 386 g/mol. The van der Waals surface area contributed by atoms with Gasteiger partial charge < -0.3 is 14.8 Å². The number of ether oxygens (including phenoxy) is 2. The summed E-state index contributed by atoms with van der Waals surface area (Å²) in [7, 11) is 0. The van der Waals surface area contributed by atoms with Gasteiger partial charge in [-0.05, 0) is 24.6 Å². The van der Waals surface area contributed by atoms with Gasteiger partial charge in [0, 0.05) is 12.3 Å². The average Bonchev–Trinajstić information content (AvgIpc) is 3.22. The number of hydrogen-bond acceptors (Lipinski definition) is 7. The molecule has 5 rings (SSSR count). The zero-order valence-corrected chi connectivity index (χ0v) is 16.0. The number of aromatic amines is 1. The van der Waals surface area contributed by atoms with Crippen LogP contribution in [-0.2, 0) is 0 Å². The van der Waals surface area contributed by atoms with E-state index in [1.54, 1.807) is 18.2 Å². The third-order valence-corrected chi connectivity index (χ3v) is 4.91. The van der Waals surface area contributed by atoms with Crippen LogP contribution in [0.15, 0.2) is 64.3 Å². The van der Waals surface area contributed by atoms with Crippen molar-refractivity contribution >= 4 is 17.0 Å². The molecule has 9 heteroatoms. The molecule has 0 saturated carbocycles. The quantitative estimate of drug-likeness (QED) is 0.538. The Labute approximate surface area is 170 Å². The SMILES string of the molecule is C[C@H](Nc1ncc2c(=O)n(-c3ccc4c(c3)OCO4)c(=O)[nH]c2n1)c1ccccc1. The molecular formula is C21H17N5O4. The summed E-state index contributed by atoms with van der Waals surface area (Å²) in [6.07, 6.45) is 1.41. The number of benzene rings is 2. The Bertz CT molecular complexity index is 1360. The number of nitrogens with one attached hydrogen (secondary N) is 2. The highest BCUT2D eigenvalue weighted by molar-refractivity contribution is 5.73. The highest BCUT2D eigenvalue weighted by atomic mass is 16.7. The lowest BCUT2D eigenvalue weighted by molar-refractivity contribution is 0.174. The van der Waals surface area contributed by atoms with E-state index in [-0.39, 0.29) is 23.9 Å². The van der Waals surface area contributed by atoms with Gasteiger partial charge in [0.05, 0.1) is 11.7 Å². The van der Waals surface area contributed by atoms with Crippen molar-refractivity contribution in [2.24, 2.45) is 0 Å². The first-order valence-corrected chi connectivity index (χ1v) is 9.34. The minimum absolute atomic E-state index is 0.0515. The predicted octanol–water partition coefficient (Wildman–Crippen LogP) is 2.37. The van der Waals surface area contributed by atoms with Crippen molar-refractivity contribution in [2.75, 3.05) is 12.1 Å². The van der Waals surface area contributed by atoms with E-state index in [4.69, 9.17) is 9.47 Å². The number of rotatable bonds is 4. The van der Waals surface area contributed by atoms with Gasteiger partial charge >= 0.3 is 5.69 Å². The predicted molar refractivity (Wildman–Crippen MR) is 110 cm³/mol. The molecule has 2 aromatic heterocycles. The molecule has 9 nitrogen and oxygen atoms in total. The third kappa shape index (κ3) is 3.06. The summed E-state index contributed by atoms with van der Waals surface area (Å²) < 4.78 is 11.6. The molecule has 0 aliphatic carbocycles.